The van der Waals surface area contributed by atoms with E-state index in [1.165, 1.54) is 29.2 Å². The first kappa shape index (κ1) is 29.4. The number of halogens is 7. The standard InChI is InChI=1S/C24H25F6N3O2.ClH/c25-23(26,27)17-5-1-15(2-6-17)9-11-33(22(35)20-14-32-13-19(20)21(31)34)12-10-16-3-7-18(8-4-16)24(28,29)30;/h1-8,19-20,32H,9-14H2,(H2,31,34);1H. The first-order valence-corrected chi connectivity index (χ1v) is 11.0. The van der Waals surface area contributed by atoms with E-state index < -0.39 is 41.2 Å². The summed E-state index contributed by atoms with van der Waals surface area (Å²) < 4.78 is 76.8. The maximum Gasteiger partial charge on any atom is 0.416 e. The van der Waals surface area contributed by atoms with Crippen LogP contribution in [0.25, 0.3) is 0 Å². The van der Waals surface area contributed by atoms with Crippen LogP contribution >= 0.6 is 12.4 Å². The Labute approximate surface area is 210 Å². The van der Waals surface area contributed by atoms with E-state index in [1.807, 2.05) is 0 Å². The number of primary amides is 1. The van der Waals surface area contributed by atoms with Gasteiger partial charge in [0, 0.05) is 26.2 Å². The van der Waals surface area contributed by atoms with Crippen molar-refractivity contribution in [1.82, 2.24) is 10.2 Å². The fraction of sp³-hybridized carbons (Fsp3) is 0.417. The minimum absolute atomic E-state index is 0. The quantitative estimate of drug-likeness (QED) is 0.498. The molecule has 3 N–H and O–H groups in total. The van der Waals surface area contributed by atoms with Crippen LogP contribution < -0.4 is 11.1 Å². The summed E-state index contributed by atoms with van der Waals surface area (Å²) in [5.74, 6) is -2.33. The first-order chi connectivity index (χ1) is 16.4. The fourth-order valence-corrected chi connectivity index (χ4v) is 4.05. The van der Waals surface area contributed by atoms with Crippen LogP contribution in [0, 0.1) is 11.8 Å². The van der Waals surface area contributed by atoms with Gasteiger partial charge < -0.3 is 16.0 Å². The molecule has 1 fully saturated rings. The van der Waals surface area contributed by atoms with Gasteiger partial charge in [-0.05, 0) is 48.2 Å². The van der Waals surface area contributed by atoms with Crippen molar-refractivity contribution in [3.63, 3.8) is 0 Å². The van der Waals surface area contributed by atoms with Gasteiger partial charge in [-0.3, -0.25) is 9.59 Å². The molecule has 0 spiro atoms. The number of benzene rings is 2. The minimum atomic E-state index is -4.46. The van der Waals surface area contributed by atoms with E-state index in [9.17, 15) is 35.9 Å². The zero-order valence-electron chi connectivity index (χ0n) is 19.0. The summed E-state index contributed by atoms with van der Waals surface area (Å²) in [5.41, 5.74) is 5.03. The Morgan fingerprint density at radius 2 is 1.17 bits per heavy atom. The number of nitrogens with one attached hydrogen (secondary N) is 1. The summed E-state index contributed by atoms with van der Waals surface area (Å²) in [6, 6.07) is 9.22. The Morgan fingerprint density at radius 3 is 1.53 bits per heavy atom. The topological polar surface area (TPSA) is 75.4 Å². The predicted octanol–water partition coefficient (Wildman–Crippen LogP) is 4.08. The van der Waals surface area contributed by atoms with Gasteiger partial charge in [0.05, 0.1) is 23.0 Å². The third kappa shape index (κ3) is 7.60. The van der Waals surface area contributed by atoms with Gasteiger partial charge >= 0.3 is 12.4 Å². The lowest BCUT2D eigenvalue weighted by Crippen LogP contribution is -2.44. The van der Waals surface area contributed by atoms with Gasteiger partial charge in [0.1, 0.15) is 0 Å². The summed E-state index contributed by atoms with van der Waals surface area (Å²) in [6.45, 7) is 0.834. The zero-order valence-corrected chi connectivity index (χ0v) is 19.8. The molecule has 12 heteroatoms. The van der Waals surface area contributed by atoms with Crippen LogP contribution in [0.1, 0.15) is 22.3 Å². The number of carbonyl (C=O) groups is 2. The number of nitrogens with two attached hydrogens (primary N) is 1. The van der Waals surface area contributed by atoms with Crippen molar-refractivity contribution in [2.24, 2.45) is 17.6 Å². The Kier molecular flexibility index (Phi) is 9.78. The predicted molar refractivity (Wildman–Crippen MR) is 123 cm³/mol. The molecule has 0 aliphatic carbocycles. The second-order valence-electron chi connectivity index (χ2n) is 8.49. The SMILES string of the molecule is Cl.NC(=O)C1CNCC1C(=O)N(CCc1ccc(C(F)(F)F)cc1)CCc1ccc(C(F)(F)F)cc1. The fourth-order valence-electron chi connectivity index (χ4n) is 4.05. The molecule has 3 rings (SSSR count). The molecule has 0 radical (unpaired) electrons. The largest absolute Gasteiger partial charge is 0.416 e. The lowest BCUT2D eigenvalue weighted by molar-refractivity contribution is -0.139. The highest BCUT2D eigenvalue weighted by molar-refractivity contribution is 5.88. The molecule has 0 saturated carbocycles. The van der Waals surface area contributed by atoms with Crippen LogP contribution in [0.15, 0.2) is 48.5 Å². The van der Waals surface area contributed by atoms with E-state index in [2.05, 4.69) is 5.32 Å². The number of hydrogen-bond donors (Lipinski definition) is 2. The van der Waals surface area contributed by atoms with E-state index in [-0.39, 0.29) is 57.3 Å². The number of rotatable bonds is 8. The smallest absolute Gasteiger partial charge is 0.369 e. The molecule has 2 atom stereocenters. The highest BCUT2D eigenvalue weighted by Crippen LogP contribution is 2.30. The van der Waals surface area contributed by atoms with E-state index >= 15 is 0 Å². The Balaban J connectivity index is 0.00000456. The lowest BCUT2D eigenvalue weighted by Gasteiger charge is -2.27. The number of carbonyl (C=O) groups excluding carboxylic acids is 2. The molecular weight excluding hydrogens is 512 g/mol. The van der Waals surface area contributed by atoms with Crippen LogP contribution in [0.3, 0.4) is 0 Å². The molecule has 198 valence electrons. The molecule has 2 aromatic carbocycles. The summed E-state index contributed by atoms with van der Waals surface area (Å²) in [5, 5.41) is 2.97. The molecule has 2 unspecified atom stereocenters. The van der Waals surface area contributed by atoms with Crippen LogP contribution in [-0.2, 0) is 34.8 Å². The highest BCUT2D eigenvalue weighted by atomic mass is 35.5. The van der Waals surface area contributed by atoms with Gasteiger partial charge in [0.15, 0.2) is 0 Å². The Morgan fingerprint density at radius 1 is 0.778 bits per heavy atom. The molecule has 36 heavy (non-hydrogen) atoms. The number of alkyl halides is 6. The summed E-state index contributed by atoms with van der Waals surface area (Å²) in [7, 11) is 0. The molecule has 5 nitrogen and oxygen atoms in total. The van der Waals surface area contributed by atoms with Crippen LogP contribution in [0.4, 0.5) is 26.3 Å². The molecular formula is C24H26ClF6N3O2. The number of nitrogens with zero attached hydrogens (tertiary/aromatic N) is 1. The van der Waals surface area contributed by atoms with Crippen molar-refractivity contribution in [3.05, 3.63) is 70.8 Å². The van der Waals surface area contributed by atoms with Crippen molar-refractivity contribution >= 4 is 24.2 Å². The summed E-state index contributed by atoms with van der Waals surface area (Å²) in [4.78, 5) is 26.5. The van der Waals surface area contributed by atoms with Gasteiger partial charge in [-0.15, -0.1) is 12.4 Å². The van der Waals surface area contributed by atoms with Crippen LogP contribution in [-0.4, -0.2) is 42.9 Å². The lowest BCUT2D eigenvalue weighted by atomic mass is 9.93. The van der Waals surface area contributed by atoms with Crippen molar-refractivity contribution < 1.29 is 35.9 Å². The molecule has 1 heterocycles. The molecule has 2 aromatic rings. The highest BCUT2D eigenvalue weighted by Gasteiger charge is 2.38. The second kappa shape index (κ2) is 12.0. The van der Waals surface area contributed by atoms with E-state index in [0.717, 1.165) is 24.3 Å². The van der Waals surface area contributed by atoms with E-state index in [1.54, 1.807) is 0 Å². The minimum Gasteiger partial charge on any atom is -0.369 e. The molecule has 1 saturated heterocycles. The molecule has 2 amide bonds. The molecule has 1 aliphatic heterocycles. The van der Waals surface area contributed by atoms with Gasteiger partial charge in [-0.2, -0.15) is 26.3 Å². The summed E-state index contributed by atoms with van der Waals surface area (Å²) in [6.07, 6.45) is -8.39. The Hall–Kier alpha value is -2.79. The molecule has 0 bridgehead atoms. The van der Waals surface area contributed by atoms with E-state index in [4.69, 9.17) is 5.73 Å². The average Bonchev–Trinajstić information content (AvgIpc) is 3.28. The van der Waals surface area contributed by atoms with Crippen LogP contribution in [0.2, 0.25) is 0 Å². The van der Waals surface area contributed by atoms with E-state index in [0.29, 0.717) is 11.1 Å². The maximum absolute atomic E-state index is 13.3. The van der Waals surface area contributed by atoms with Gasteiger partial charge in [0.2, 0.25) is 11.8 Å². The Bertz CT molecular complexity index is 965. The maximum atomic E-state index is 13.3. The first-order valence-electron chi connectivity index (χ1n) is 11.0. The molecule has 0 aromatic heterocycles. The normalized spacial score (nSPS) is 17.9. The zero-order chi connectivity index (χ0) is 25.8. The van der Waals surface area contributed by atoms with Gasteiger partial charge in [-0.25, -0.2) is 0 Å². The number of amides is 2. The summed E-state index contributed by atoms with van der Waals surface area (Å²) >= 11 is 0. The molecule has 1 aliphatic rings. The number of hydrogen-bond acceptors (Lipinski definition) is 3. The third-order valence-corrected chi connectivity index (χ3v) is 6.11. The van der Waals surface area contributed by atoms with Crippen LogP contribution in [0.5, 0.6) is 0 Å². The third-order valence-electron chi connectivity index (χ3n) is 6.11. The average molecular weight is 538 g/mol. The second-order valence-corrected chi connectivity index (χ2v) is 8.49. The van der Waals surface area contributed by atoms with Gasteiger partial charge in [-0.1, -0.05) is 24.3 Å². The van der Waals surface area contributed by atoms with Crippen molar-refractivity contribution in [2.75, 3.05) is 26.2 Å². The van der Waals surface area contributed by atoms with Crippen molar-refractivity contribution in [2.45, 2.75) is 25.2 Å². The van der Waals surface area contributed by atoms with Gasteiger partial charge in [0.25, 0.3) is 0 Å². The van der Waals surface area contributed by atoms with Crippen molar-refractivity contribution in [1.29, 1.82) is 0 Å². The monoisotopic (exact) mass is 537 g/mol. The van der Waals surface area contributed by atoms with Crippen molar-refractivity contribution in [3.8, 4) is 0 Å².